The maximum Gasteiger partial charge on any atom is 0.494 e. The lowest BCUT2D eigenvalue weighted by Gasteiger charge is -2.19. The number of nitrogens with zero attached hydrogens (tertiary/aromatic N) is 2. The molecule has 1 N–H and O–H groups in total. The number of rotatable bonds is 3. The average molecular weight is 214 g/mol. The lowest BCUT2D eigenvalue weighted by atomic mass is 9.89. The van der Waals surface area contributed by atoms with Crippen molar-refractivity contribution < 1.29 is 19.7 Å². The minimum absolute atomic E-state index is 0.672. The Bertz CT molecular complexity index is 371. The number of hydrogen-bond acceptors (Lipinski definition) is 5. The second-order valence-corrected chi connectivity index (χ2v) is 2.86. The van der Waals surface area contributed by atoms with Crippen molar-refractivity contribution in [2.75, 3.05) is 0 Å². The van der Waals surface area contributed by atoms with Crippen LogP contribution in [0.25, 0.3) is 0 Å². The van der Waals surface area contributed by atoms with Crippen LogP contribution in [0.2, 0.25) is 0 Å². The maximum atomic E-state index is 10.7. The number of carboxylic acid groups (broad SMARTS) is 1. The van der Waals surface area contributed by atoms with Crippen LogP contribution < -0.4 is 0 Å². The van der Waals surface area contributed by atoms with Crippen molar-refractivity contribution in [1.82, 2.24) is 0 Å². The summed E-state index contributed by atoms with van der Waals surface area (Å²) >= 11 is 0. The minimum atomic E-state index is -2.80. The topological polar surface area (TPSA) is 124 Å². The average Bonchev–Trinajstić information content (AvgIpc) is 2.16. The first-order valence-corrected chi connectivity index (χ1v) is 3.80. The summed E-state index contributed by atoms with van der Waals surface area (Å²) in [6, 6.07) is 0. The molecule has 1 unspecified atom stereocenters. The van der Waals surface area contributed by atoms with Crippen molar-refractivity contribution in [3.8, 4) is 0 Å². The Labute approximate surface area is 82.8 Å². The van der Waals surface area contributed by atoms with Crippen LogP contribution in [0.4, 0.5) is 0 Å². The Hall–Kier alpha value is -2.25. The fourth-order valence-electron chi connectivity index (χ4n) is 1.30. The molecule has 0 aliphatic heterocycles. The first kappa shape index (κ1) is 10.8. The molecule has 0 saturated heterocycles. The van der Waals surface area contributed by atoms with Crippen molar-refractivity contribution in [3.63, 3.8) is 0 Å². The summed E-state index contributed by atoms with van der Waals surface area (Å²) in [6.45, 7) is 0. The van der Waals surface area contributed by atoms with Crippen LogP contribution >= 0.6 is 0 Å². The van der Waals surface area contributed by atoms with Crippen LogP contribution in [-0.4, -0.2) is 26.6 Å². The predicted molar refractivity (Wildman–Crippen MR) is 46.1 cm³/mol. The van der Waals surface area contributed by atoms with Crippen molar-refractivity contribution in [1.29, 1.82) is 0 Å². The Kier molecular flexibility index (Phi) is 2.51. The van der Waals surface area contributed by atoms with E-state index in [0.717, 1.165) is 12.2 Å². The van der Waals surface area contributed by atoms with E-state index in [4.69, 9.17) is 5.11 Å². The van der Waals surface area contributed by atoms with Gasteiger partial charge >= 0.3 is 11.6 Å². The van der Waals surface area contributed by atoms with Crippen molar-refractivity contribution in [2.45, 2.75) is 5.66 Å². The van der Waals surface area contributed by atoms with Crippen LogP contribution in [0.15, 0.2) is 24.3 Å². The summed E-state index contributed by atoms with van der Waals surface area (Å²) in [5.74, 6) is -3.41. The van der Waals surface area contributed by atoms with Gasteiger partial charge in [0, 0.05) is 0 Å². The van der Waals surface area contributed by atoms with E-state index in [1.54, 1.807) is 0 Å². The molecule has 1 aliphatic carbocycles. The molecule has 0 spiro atoms. The predicted octanol–water partition coefficient (Wildman–Crippen LogP) is 0.0629. The maximum absolute atomic E-state index is 10.7. The molecule has 0 amide bonds. The first-order valence-electron chi connectivity index (χ1n) is 3.80. The summed E-state index contributed by atoms with van der Waals surface area (Å²) in [4.78, 5) is 29.6. The highest BCUT2D eigenvalue weighted by molar-refractivity contribution is 5.74. The zero-order chi connectivity index (χ0) is 11.6. The van der Waals surface area contributed by atoms with E-state index in [2.05, 4.69) is 0 Å². The highest BCUT2D eigenvalue weighted by Crippen LogP contribution is 2.28. The molecule has 1 aliphatic rings. The summed E-state index contributed by atoms with van der Waals surface area (Å²) in [5.41, 5.74) is -2.80. The zero-order valence-electron chi connectivity index (χ0n) is 7.27. The van der Waals surface area contributed by atoms with Gasteiger partial charge < -0.3 is 5.11 Å². The standard InChI is InChI=1S/C7H6N2O6/c10-6(11)5-3-1-2-4-7(5,8(12)13)9(14)15/h1-5H,(H,10,11). The van der Waals surface area contributed by atoms with Crippen LogP contribution in [-0.2, 0) is 4.79 Å². The van der Waals surface area contributed by atoms with Crippen LogP contribution in [0.5, 0.6) is 0 Å². The molecule has 8 heteroatoms. The monoisotopic (exact) mass is 214 g/mol. The van der Waals surface area contributed by atoms with Gasteiger partial charge in [0.25, 0.3) is 0 Å². The summed E-state index contributed by atoms with van der Waals surface area (Å²) < 4.78 is 0. The fraction of sp³-hybridized carbons (Fsp3) is 0.286. The van der Waals surface area contributed by atoms with Gasteiger partial charge in [-0.15, -0.1) is 0 Å². The number of hydrogen-bond donors (Lipinski definition) is 1. The molecule has 15 heavy (non-hydrogen) atoms. The van der Waals surface area contributed by atoms with E-state index in [1.807, 2.05) is 0 Å². The van der Waals surface area contributed by atoms with Gasteiger partial charge in [-0.05, 0) is 0 Å². The largest absolute Gasteiger partial charge is 0.494 e. The summed E-state index contributed by atoms with van der Waals surface area (Å²) in [7, 11) is 0. The minimum Gasteiger partial charge on any atom is -0.480 e. The quantitative estimate of drug-likeness (QED) is 0.402. The van der Waals surface area contributed by atoms with Crippen LogP contribution in [0, 0.1) is 26.1 Å². The lowest BCUT2D eigenvalue weighted by molar-refractivity contribution is -0.786. The van der Waals surface area contributed by atoms with E-state index >= 15 is 0 Å². The number of aliphatic carboxylic acids is 1. The van der Waals surface area contributed by atoms with E-state index < -0.39 is 27.4 Å². The molecule has 0 bridgehead atoms. The third kappa shape index (κ3) is 1.45. The van der Waals surface area contributed by atoms with E-state index in [0.29, 0.717) is 6.08 Å². The molecular weight excluding hydrogens is 208 g/mol. The fourth-order valence-corrected chi connectivity index (χ4v) is 1.30. The molecule has 80 valence electrons. The number of carboxylic acids is 1. The summed E-state index contributed by atoms with van der Waals surface area (Å²) in [6.07, 6.45) is 3.91. The lowest BCUT2D eigenvalue weighted by Crippen LogP contribution is -2.53. The van der Waals surface area contributed by atoms with Crippen molar-refractivity contribution in [3.05, 3.63) is 44.5 Å². The summed E-state index contributed by atoms with van der Waals surface area (Å²) in [5, 5.41) is 30.0. The smallest absolute Gasteiger partial charge is 0.480 e. The number of nitro groups is 2. The van der Waals surface area contributed by atoms with Crippen LogP contribution in [0.1, 0.15) is 0 Å². The number of allylic oxidation sites excluding steroid dienone is 2. The van der Waals surface area contributed by atoms with Crippen molar-refractivity contribution in [2.24, 2.45) is 5.92 Å². The number of carbonyl (C=O) groups is 1. The first-order chi connectivity index (χ1) is 6.93. The Morgan fingerprint density at radius 1 is 1.27 bits per heavy atom. The van der Waals surface area contributed by atoms with E-state index in [1.165, 1.54) is 6.08 Å². The Morgan fingerprint density at radius 2 is 1.80 bits per heavy atom. The van der Waals surface area contributed by atoms with Gasteiger partial charge in [0.2, 0.25) is 5.92 Å². The van der Waals surface area contributed by atoms with Gasteiger partial charge in [-0.2, -0.15) is 0 Å². The van der Waals surface area contributed by atoms with Gasteiger partial charge in [-0.3, -0.25) is 25.0 Å². The second-order valence-electron chi connectivity index (χ2n) is 2.86. The Morgan fingerprint density at radius 3 is 2.13 bits per heavy atom. The van der Waals surface area contributed by atoms with E-state index in [-0.39, 0.29) is 0 Å². The normalized spacial score (nSPS) is 22.3. The van der Waals surface area contributed by atoms with Crippen LogP contribution in [0.3, 0.4) is 0 Å². The van der Waals surface area contributed by atoms with Gasteiger partial charge in [-0.25, -0.2) is 0 Å². The molecule has 0 radical (unpaired) electrons. The third-order valence-electron chi connectivity index (χ3n) is 2.06. The van der Waals surface area contributed by atoms with Gasteiger partial charge in [0.05, 0.1) is 6.08 Å². The second kappa shape index (κ2) is 3.48. The zero-order valence-corrected chi connectivity index (χ0v) is 7.27. The Balaban J connectivity index is 3.32. The molecule has 1 rings (SSSR count). The molecule has 1 atom stereocenters. The molecule has 0 heterocycles. The highest BCUT2D eigenvalue weighted by Gasteiger charge is 2.63. The third-order valence-corrected chi connectivity index (χ3v) is 2.06. The van der Waals surface area contributed by atoms with E-state index in [9.17, 15) is 25.0 Å². The molecule has 0 aromatic carbocycles. The molecule has 0 saturated carbocycles. The van der Waals surface area contributed by atoms with Gasteiger partial charge in [0.15, 0.2) is 0 Å². The molecule has 0 fully saturated rings. The molecular formula is C7H6N2O6. The molecule has 0 aromatic rings. The SMILES string of the molecule is O=C(O)C1C=CC=CC1([N+](=O)[O-])[N+](=O)[O-]. The van der Waals surface area contributed by atoms with Gasteiger partial charge in [-0.1, -0.05) is 18.2 Å². The van der Waals surface area contributed by atoms with Gasteiger partial charge in [0.1, 0.15) is 9.85 Å². The van der Waals surface area contributed by atoms with Crippen molar-refractivity contribution >= 4 is 5.97 Å². The molecule has 8 nitrogen and oxygen atoms in total. The molecule has 0 aromatic heterocycles. The highest BCUT2D eigenvalue weighted by atomic mass is 16.7.